The van der Waals surface area contributed by atoms with Gasteiger partial charge < -0.3 is 19.5 Å². The third-order valence-electron chi connectivity index (χ3n) is 4.78. The number of urea groups is 1. The van der Waals surface area contributed by atoms with E-state index in [1.165, 1.54) is 43.9 Å². The van der Waals surface area contributed by atoms with E-state index in [4.69, 9.17) is 14.2 Å². The molecule has 3 amide bonds. The summed E-state index contributed by atoms with van der Waals surface area (Å²) in [4.78, 5) is 29.1. The molecule has 34 heavy (non-hydrogen) atoms. The van der Waals surface area contributed by atoms with Crippen molar-refractivity contribution >= 4 is 39.9 Å². The van der Waals surface area contributed by atoms with Crippen LogP contribution in [-0.4, -0.2) is 31.1 Å². The van der Waals surface area contributed by atoms with Crippen LogP contribution in [0, 0.1) is 5.82 Å². The van der Waals surface area contributed by atoms with Crippen molar-refractivity contribution in [1.82, 2.24) is 10.3 Å². The lowest BCUT2D eigenvalue weighted by Gasteiger charge is -2.13. The maximum Gasteiger partial charge on any atom is 0.325 e. The Hall–Kier alpha value is -4.18. The number of benzene rings is 2. The Morgan fingerprint density at radius 2 is 1.79 bits per heavy atom. The number of fused-ring (bicyclic) bond motifs is 1. The Bertz CT molecular complexity index is 1340. The van der Waals surface area contributed by atoms with Gasteiger partial charge in [-0.05, 0) is 35.7 Å². The summed E-state index contributed by atoms with van der Waals surface area (Å²) in [5, 5.41) is 7.10. The van der Waals surface area contributed by atoms with E-state index < -0.39 is 17.8 Å². The van der Waals surface area contributed by atoms with Gasteiger partial charge in [0.05, 0.1) is 26.2 Å². The lowest BCUT2D eigenvalue weighted by Crippen LogP contribution is -2.35. The molecule has 4 aromatic rings. The summed E-state index contributed by atoms with van der Waals surface area (Å²) in [5.74, 6) is 0.135. The highest BCUT2D eigenvalue weighted by atomic mass is 32.1. The van der Waals surface area contributed by atoms with Crippen LogP contribution in [0.5, 0.6) is 23.0 Å². The van der Waals surface area contributed by atoms with Gasteiger partial charge in [-0.1, -0.05) is 6.07 Å². The molecule has 0 aliphatic rings. The van der Waals surface area contributed by atoms with Crippen LogP contribution in [-0.2, 0) is 11.2 Å². The summed E-state index contributed by atoms with van der Waals surface area (Å²) in [6, 6.07) is 11.8. The van der Waals surface area contributed by atoms with E-state index in [0.717, 1.165) is 10.9 Å². The standard InChI is InChI=1S/C24H20FN3O5S/c1-31-21-12-16-18(13-22(21)32-2)26-8-7-19(16)33-20-6-5-14(10-17(20)25)27-24(30)28-23(29)11-15-4-3-9-34-15/h3-10,12-13H,11H2,1-2H3,(H2,27,28,29,30). The van der Waals surface area contributed by atoms with Crippen molar-refractivity contribution in [2.24, 2.45) is 0 Å². The van der Waals surface area contributed by atoms with Crippen molar-refractivity contribution in [2.75, 3.05) is 19.5 Å². The highest BCUT2D eigenvalue weighted by molar-refractivity contribution is 7.10. The van der Waals surface area contributed by atoms with Gasteiger partial charge in [-0.15, -0.1) is 11.3 Å². The van der Waals surface area contributed by atoms with Crippen LogP contribution in [0.3, 0.4) is 0 Å². The summed E-state index contributed by atoms with van der Waals surface area (Å²) in [7, 11) is 3.03. The molecule has 0 spiro atoms. The lowest BCUT2D eigenvalue weighted by atomic mass is 10.2. The van der Waals surface area contributed by atoms with E-state index in [0.29, 0.717) is 28.2 Å². The Morgan fingerprint density at radius 3 is 2.50 bits per heavy atom. The molecule has 0 fully saturated rings. The molecular formula is C24H20FN3O5S. The fraction of sp³-hybridized carbons (Fsp3) is 0.125. The van der Waals surface area contributed by atoms with Crippen LogP contribution >= 0.6 is 11.3 Å². The molecule has 2 N–H and O–H groups in total. The summed E-state index contributed by atoms with van der Waals surface area (Å²) in [5.41, 5.74) is 0.745. The first-order valence-corrected chi connectivity index (χ1v) is 11.0. The van der Waals surface area contributed by atoms with E-state index in [-0.39, 0.29) is 17.9 Å². The first-order valence-electron chi connectivity index (χ1n) is 10.1. The number of hydrogen-bond acceptors (Lipinski definition) is 7. The summed E-state index contributed by atoms with van der Waals surface area (Å²) in [6.45, 7) is 0. The van der Waals surface area contributed by atoms with Crippen molar-refractivity contribution < 1.29 is 28.2 Å². The quantitative estimate of drug-likeness (QED) is 0.379. The highest BCUT2D eigenvalue weighted by Crippen LogP contribution is 2.37. The molecule has 2 aromatic carbocycles. The number of anilines is 1. The largest absolute Gasteiger partial charge is 0.493 e. The fourth-order valence-corrected chi connectivity index (χ4v) is 3.92. The number of amides is 3. The van der Waals surface area contributed by atoms with Gasteiger partial charge in [-0.2, -0.15) is 0 Å². The van der Waals surface area contributed by atoms with Gasteiger partial charge in [0.1, 0.15) is 5.75 Å². The van der Waals surface area contributed by atoms with Crippen molar-refractivity contribution in [2.45, 2.75) is 6.42 Å². The molecule has 0 saturated carbocycles. The van der Waals surface area contributed by atoms with Gasteiger partial charge in [0.15, 0.2) is 23.1 Å². The van der Waals surface area contributed by atoms with Crippen LogP contribution in [0.4, 0.5) is 14.9 Å². The SMILES string of the molecule is COc1cc2nccc(Oc3ccc(NC(=O)NC(=O)Cc4cccs4)cc3F)c2cc1OC. The number of carbonyl (C=O) groups is 2. The molecule has 0 saturated heterocycles. The Morgan fingerprint density at radius 1 is 1.00 bits per heavy atom. The van der Waals surface area contributed by atoms with Gasteiger partial charge in [-0.3, -0.25) is 15.1 Å². The normalized spacial score (nSPS) is 10.6. The maximum atomic E-state index is 14.7. The van der Waals surface area contributed by atoms with Crippen LogP contribution < -0.4 is 24.8 Å². The number of nitrogens with zero attached hydrogens (tertiary/aromatic N) is 1. The third kappa shape index (κ3) is 5.24. The number of hydrogen-bond donors (Lipinski definition) is 2. The lowest BCUT2D eigenvalue weighted by molar-refractivity contribution is -0.119. The first kappa shape index (κ1) is 23.0. The van der Waals surface area contributed by atoms with E-state index in [1.807, 2.05) is 11.4 Å². The number of methoxy groups -OCH3 is 2. The zero-order valence-corrected chi connectivity index (χ0v) is 19.1. The number of carbonyl (C=O) groups excluding carboxylic acids is 2. The molecule has 2 aromatic heterocycles. The number of pyridine rings is 1. The second-order valence-electron chi connectivity index (χ2n) is 7.04. The average molecular weight is 482 g/mol. The van der Waals surface area contributed by atoms with Crippen LogP contribution in [0.2, 0.25) is 0 Å². The van der Waals surface area contributed by atoms with Crippen molar-refractivity contribution in [3.05, 3.63) is 70.8 Å². The summed E-state index contributed by atoms with van der Waals surface area (Å²) < 4.78 is 31.1. The van der Waals surface area contributed by atoms with Gasteiger partial charge in [0, 0.05) is 34.3 Å². The van der Waals surface area contributed by atoms with Gasteiger partial charge in [0.2, 0.25) is 5.91 Å². The van der Waals surface area contributed by atoms with Gasteiger partial charge >= 0.3 is 6.03 Å². The first-order chi connectivity index (χ1) is 16.5. The molecule has 8 nitrogen and oxygen atoms in total. The molecule has 0 radical (unpaired) electrons. The Kier molecular flexibility index (Phi) is 6.88. The molecule has 0 unspecified atom stereocenters. The van der Waals surface area contributed by atoms with Crippen molar-refractivity contribution in [3.8, 4) is 23.0 Å². The minimum Gasteiger partial charge on any atom is -0.493 e. The van der Waals surface area contributed by atoms with E-state index in [1.54, 1.807) is 24.3 Å². The highest BCUT2D eigenvalue weighted by Gasteiger charge is 2.14. The topological polar surface area (TPSA) is 98.8 Å². The number of nitrogens with one attached hydrogen (secondary N) is 2. The second kappa shape index (κ2) is 10.2. The van der Waals surface area contributed by atoms with E-state index >= 15 is 0 Å². The van der Waals surface area contributed by atoms with Crippen LogP contribution in [0.25, 0.3) is 10.9 Å². The molecule has 4 rings (SSSR count). The predicted octanol–water partition coefficient (Wildman–Crippen LogP) is 5.14. The van der Waals surface area contributed by atoms with Gasteiger partial charge in [-0.25, -0.2) is 9.18 Å². The average Bonchev–Trinajstić information content (AvgIpc) is 3.32. The molecule has 2 heterocycles. The minimum atomic E-state index is -0.754. The van der Waals surface area contributed by atoms with E-state index in [9.17, 15) is 14.0 Å². The number of halogens is 1. The number of imide groups is 1. The molecular weight excluding hydrogens is 461 g/mol. The maximum absolute atomic E-state index is 14.7. The molecule has 0 atom stereocenters. The molecule has 0 aliphatic heterocycles. The van der Waals surface area contributed by atoms with Crippen LogP contribution in [0.1, 0.15) is 4.88 Å². The zero-order valence-electron chi connectivity index (χ0n) is 18.3. The summed E-state index contributed by atoms with van der Waals surface area (Å²) >= 11 is 1.42. The van der Waals surface area contributed by atoms with Gasteiger partial charge in [0.25, 0.3) is 0 Å². The second-order valence-corrected chi connectivity index (χ2v) is 8.07. The van der Waals surface area contributed by atoms with Crippen LogP contribution in [0.15, 0.2) is 60.1 Å². The number of aromatic nitrogens is 1. The number of rotatable bonds is 7. The monoisotopic (exact) mass is 481 g/mol. The minimum absolute atomic E-state index is 0.0537. The predicted molar refractivity (Wildman–Crippen MR) is 127 cm³/mol. The molecule has 0 bridgehead atoms. The zero-order chi connectivity index (χ0) is 24.1. The Labute approximate surface area is 198 Å². The number of thiophene rings is 1. The van der Waals surface area contributed by atoms with Crippen molar-refractivity contribution in [3.63, 3.8) is 0 Å². The Balaban J connectivity index is 1.47. The van der Waals surface area contributed by atoms with E-state index in [2.05, 4.69) is 15.6 Å². The molecule has 174 valence electrons. The third-order valence-corrected chi connectivity index (χ3v) is 5.66. The fourth-order valence-electron chi connectivity index (χ4n) is 3.22. The smallest absolute Gasteiger partial charge is 0.325 e. The van der Waals surface area contributed by atoms with Crippen molar-refractivity contribution in [1.29, 1.82) is 0 Å². The summed E-state index contributed by atoms with van der Waals surface area (Å²) in [6.07, 6.45) is 1.62. The molecule has 10 heteroatoms. The number of ether oxygens (including phenoxy) is 3. The molecule has 0 aliphatic carbocycles.